The van der Waals surface area contributed by atoms with Crippen molar-refractivity contribution in [1.29, 1.82) is 0 Å². The molecule has 0 radical (unpaired) electrons. The van der Waals surface area contributed by atoms with Crippen molar-refractivity contribution in [3.63, 3.8) is 0 Å². The standard InChI is InChI=1S/C12H15FN2O2/c13-10-3-1-2-4-11(10)14-5-7-15(8-6-14)12(17)9-16/h1-4,16H,5-9H2. The SMILES string of the molecule is O=C(CO)N1CCN(c2ccccc2F)CC1. The van der Waals surface area contributed by atoms with Gasteiger partial charge in [0.15, 0.2) is 0 Å². The third-order valence-electron chi connectivity index (χ3n) is 2.96. The Morgan fingerprint density at radius 1 is 1.24 bits per heavy atom. The van der Waals surface area contributed by atoms with Crippen molar-refractivity contribution in [2.75, 3.05) is 37.7 Å². The molecule has 1 heterocycles. The number of rotatable bonds is 2. The summed E-state index contributed by atoms with van der Waals surface area (Å²) in [7, 11) is 0. The number of amides is 1. The number of carbonyl (C=O) groups is 1. The highest BCUT2D eigenvalue weighted by Gasteiger charge is 2.21. The highest BCUT2D eigenvalue weighted by Crippen LogP contribution is 2.19. The van der Waals surface area contributed by atoms with E-state index in [1.165, 1.54) is 6.07 Å². The fourth-order valence-corrected chi connectivity index (χ4v) is 2.00. The molecule has 0 atom stereocenters. The Kier molecular flexibility index (Phi) is 3.58. The van der Waals surface area contributed by atoms with E-state index in [9.17, 15) is 9.18 Å². The molecule has 2 rings (SSSR count). The first-order valence-electron chi connectivity index (χ1n) is 5.60. The predicted molar refractivity (Wildman–Crippen MR) is 62.3 cm³/mol. The molecule has 4 nitrogen and oxygen atoms in total. The Morgan fingerprint density at radius 3 is 2.47 bits per heavy atom. The van der Waals surface area contributed by atoms with E-state index >= 15 is 0 Å². The number of anilines is 1. The second-order valence-electron chi connectivity index (χ2n) is 3.98. The van der Waals surface area contributed by atoms with Gasteiger partial charge in [0.05, 0.1) is 5.69 Å². The van der Waals surface area contributed by atoms with Crippen LogP contribution in [-0.2, 0) is 4.79 Å². The molecular weight excluding hydrogens is 223 g/mol. The lowest BCUT2D eigenvalue weighted by Gasteiger charge is -2.35. The Hall–Kier alpha value is -1.62. The van der Waals surface area contributed by atoms with E-state index in [0.29, 0.717) is 31.9 Å². The van der Waals surface area contributed by atoms with E-state index in [-0.39, 0.29) is 11.7 Å². The summed E-state index contributed by atoms with van der Waals surface area (Å²) in [4.78, 5) is 14.8. The van der Waals surface area contributed by atoms with Gasteiger partial charge in [-0.1, -0.05) is 12.1 Å². The van der Waals surface area contributed by atoms with E-state index in [1.807, 2.05) is 4.90 Å². The zero-order chi connectivity index (χ0) is 12.3. The summed E-state index contributed by atoms with van der Waals surface area (Å²) in [6.45, 7) is 1.76. The number of halogens is 1. The minimum atomic E-state index is -0.459. The number of piperazine rings is 1. The molecule has 0 spiro atoms. The van der Waals surface area contributed by atoms with Gasteiger partial charge in [0.2, 0.25) is 5.91 Å². The summed E-state index contributed by atoms with van der Waals surface area (Å²) < 4.78 is 13.5. The van der Waals surface area contributed by atoms with Crippen LogP contribution in [0.3, 0.4) is 0 Å². The van der Waals surface area contributed by atoms with Crippen LogP contribution in [0.25, 0.3) is 0 Å². The fourth-order valence-electron chi connectivity index (χ4n) is 2.00. The van der Waals surface area contributed by atoms with Crippen LogP contribution in [0.2, 0.25) is 0 Å². The maximum atomic E-state index is 13.5. The zero-order valence-electron chi connectivity index (χ0n) is 9.47. The van der Waals surface area contributed by atoms with Crippen LogP contribution in [0.4, 0.5) is 10.1 Å². The summed E-state index contributed by atoms with van der Waals surface area (Å²) in [6.07, 6.45) is 0. The minimum absolute atomic E-state index is 0.241. The normalized spacial score (nSPS) is 16.1. The summed E-state index contributed by atoms with van der Waals surface area (Å²) in [6, 6.07) is 6.62. The number of para-hydroxylation sites is 1. The van der Waals surface area contributed by atoms with Gasteiger partial charge in [0.1, 0.15) is 12.4 Å². The molecule has 1 aromatic rings. The van der Waals surface area contributed by atoms with Gasteiger partial charge < -0.3 is 14.9 Å². The summed E-state index contributed by atoms with van der Waals surface area (Å²) in [5.74, 6) is -0.507. The number of benzene rings is 1. The maximum absolute atomic E-state index is 13.5. The molecule has 17 heavy (non-hydrogen) atoms. The van der Waals surface area contributed by atoms with Crippen molar-refractivity contribution in [1.82, 2.24) is 4.90 Å². The molecule has 1 aliphatic heterocycles. The maximum Gasteiger partial charge on any atom is 0.248 e. The van der Waals surface area contributed by atoms with Crippen LogP contribution in [0.15, 0.2) is 24.3 Å². The van der Waals surface area contributed by atoms with Gasteiger partial charge in [-0.25, -0.2) is 4.39 Å². The molecule has 1 aromatic carbocycles. The molecule has 0 aliphatic carbocycles. The largest absolute Gasteiger partial charge is 0.387 e. The second-order valence-corrected chi connectivity index (χ2v) is 3.98. The Bertz CT molecular complexity index is 403. The van der Waals surface area contributed by atoms with E-state index < -0.39 is 6.61 Å². The molecule has 92 valence electrons. The number of aliphatic hydroxyl groups excluding tert-OH is 1. The van der Waals surface area contributed by atoms with Crippen molar-refractivity contribution in [3.8, 4) is 0 Å². The van der Waals surface area contributed by atoms with E-state index in [2.05, 4.69) is 0 Å². The van der Waals surface area contributed by atoms with Crippen LogP contribution in [-0.4, -0.2) is 48.7 Å². The Labute approximate surface area is 99.3 Å². The summed E-state index contributed by atoms with van der Waals surface area (Å²) in [5, 5.41) is 8.75. The van der Waals surface area contributed by atoms with E-state index in [1.54, 1.807) is 23.1 Å². The van der Waals surface area contributed by atoms with Crippen molar-refractivity contribution < 1.29 is 14.3 Å². The average Bonchev–Trinajstić information content (AvgIpc) is 2.39. The first-order chi connectivity index (χ1) is 8.22. The van der Waals surface area contributed by atoms with Gasteiger partial charge in [-0.15, -0.1) is 0 Å². The van der Waals surface area contributed by atoms with E-state index in [0.717, 1.165) is 0 Å². The molecule has 1 fully saturated rings. The van der Waals surface area contributed by atoms with Crippen molar-refractivity contribution in [2.45, 2.75) is 0 Å². The number of hydrogen-bond acceptors (Lipinski definition) is 3. The van der Waals surface area contributed by atoms with Gasteiger partial charge >= 0.3 is 0 Å². The Balaban J connectivity index is 2.00. The minimum Gasteiger partial charge on any atom is -0.387 e. The third kappa shape index (κ3) is 2.55. The predicted octanol–water partition coefficient (Wildman–Crippen LogP) is 0.467. The van der Waals surface area contributed by atoms with Gasteiger partial charge in [0.25, 0.3) is 0 Å². The lowest BCUT2D eigenvalue weighted by Crippen LogP contribution is -2.49. The second kappa shape index (κ2) is 5.14. The number of hydrogen-bond donors (Lipinski definition) is 1. The van der Waals surface area contributed by atoms with Crippen LogP contribution in [0.1, 0.15) is 0 Å². The molecule has 5 heteroatoms. The third-order valence-corrected chi connectivity index (χ3v) is 2.96. The topological polar surface area (TPSA) is 43.8 Å². The highest BCUT2D eigenvalue weighted by molar-refractivity contribution is 5.77. The first kappa shape index (κ1) is 11.9. The first-order valence-corrected chi connectivity index (χ1v) is 5.60. The molecule has 0 saturated carbocycles. The average molecular weight is 238 g/mol. The monoisotopic (exact) mass is 238 g/mol. The van der Waals surface area contributed by atoms with Crippen LogP contribution in [0, 0.1) is 5.82 Å². The lowest BCUT2D eigenvalue weighted by atomic mass is 10.2. The lowest BCUT2D eigenvalue weighted by molar-refractivity contribution is -0.134. The van der Waals surface area contributed by atoms with Crippen molar-refractivity contribution in [2.24, 2.45) is 0 Å². The fraction of sp³-hybridized carbons (Fsp3) is 0.417. The zero-order valence-corrected chi connectivity index (χ0v) is 9.47. The van der Waals surface area contributed by atoms with Crippen LogP contribution < -0.4 is 4.90 Å². The Morgan fingerprint density at radius 2 is 1.88 bits per heavy atom. The molecule has 0 unspecified atom stereocenters. The molecule has 1 saturated heterocycles. The summed E-state index contributed by atoms with van der Waals surface area (Å²) >= 11 is 0. The number of carbonyl (C=O) groups excluding carboxylic acids is 1. The van der Waals surface area contributed by atoms with Crippen molar-refractivity contribution in [3.05, 3.63) is 30.1 Å². The van der Waals surface area contributed by atoms with Gasteiger partial charge in [0, 0.05) is 26.2 Å². The number of aliphatic hydroxyl groups is 1. The van der Waals surface area contributed by atoms with Gasteiger partial charge in [-0.05, 0) is 12.1 Å². The van der Waals surface area contributed by atoms with Crippen molar-refractivity contribution >= 4 is 11.6 Å². The molecule has 1 amide bonds. The van der Waals surface area contributed by atoms with Gasteiger partial charge in [-0.3, -0.25) is 4.79 Å². The molecule has 0 aromatic heterocycles. The molecular formula is C12H15FN2O2. The van der Waals surface area contributed by atoms with E-state index in [4.69, 9.17) is 5.11 Å². The molecule has 1 aliphatic rings. The molecule has 1 N–H and O–H groups in total. The van der Waals surface area contributed by atoms with Gasteiger partial charge in [-0.2, -0.15) is 0 Å². The highest BCUT2D eigenvalue weighted by atomic mass is 19.1. The number of nitrogens with zero attached hydrogens (tertiary/aromatic N) is 2. The van der Waals surface area contributed by atoms with Crippen LogP contribution >= 0.6 is 0 Å². The quantitative estimate of drug-likeness (QED) is 0.814. The summed E-state index contributed by atoms with van der Waals surface area (Å²) in [5.41, 5.74) is 0.573. The molecule has 0 bridgehead atoms. The van der Waals surface area contributed by atoms with Crippen LogP contribution in [0.5, 0.6) is 0 Å². The smallest absolute Gasteiger partial charge is 0.248 e.